The summed E-state index contributed by atoms with van der Waals surface area (Å²) in [5.74, 6) is 2.43. The lowest BCUT2D eigenvalue weighted by atomic mass is 10.2. The Morgan fingerprint density at radius 3 is 3.05 bits per heavy atom. The van der Waals surface area contributed by atoms with Gasteiger partial charge in [0.1, 0.15) is 5.82 Å². The van der Waals surface area contributed by atoms with Gasteiger partial charge in [-0.25, -0.2) is 4.68 Å². The van der Waals surface area contributed by atoms with Crippen LogP contribution in [0.1, 0.15) is 18.2 Å². The van der Waals surface area contributed by atoms with Crippen molar-refractivity contribution in [2.45, 2.75) is 18.4 Å². The molecule has 2 heterocycles. The molecule has 0 spiro atoms. The van der Waals surface area contributed by atoms with Crippen molar-refractivity contribution in [1.82, 2.24) is 9.78 Å². The van der Waals surface area contributed by atoms with E-state index in [2.05, 4.69) is 10.4 Å². The lowest BCUT2D eigenvalue weighted by Gasteiger charge is -2.09. The summed E-state index contributed by atoms with van der Waals surface area (Å²) in [7, 11) is 0. The molecule has 0 atom stereocenters. The number of anilines is 1. The van der Waals surface area contributed by atoms with Crippen LogP contribution in [0.5, 0.6) is 0 Å². The molecule has 1 N–H and O–H groups in total. The highest BCUT2D eigenvalue weighted by molar-refractivity contribution is 7.98. The molecule has 6 heteroatoms. The van der Waals surface area contributed by atoms with Gasteiger partial charge in [0.15, 0.2) is 0 Å². The minimum atomic E-state index is -0.0946. The summed E-state index contributed by atoms with van der Waals surface area (Å²) in [5, 5.41) is 8.10. The third kappa shape index (κ3) is 2.35. The number of fused-ring (bicyclic) bond motifs is 1. The van der Waals surface area contributed by atoms with E-state index in [9.17, 15) is 4.79 Å². The Morgan fingerprint density at radius 1 is 1.47 bits per heavy atom. The first-order chi connectivity index (χ1) is 9.15. The molecule has 3 rings (SSSR count). The van der Waals surface area contributed by atoms with Gasteiger partial charge in [-0.05, 0) is 18.2 Å². The van der Waals surface area contributed by atoms with Crippen LogP contribution in [0.3, 0.4) is 0 Å². The lowest BCUT2D eigenvalue weighted by molar-refractivity contribution is -0.114. The number of hydrogen-bond acceptors (Lipinski definition) is 3. The summed E-state index contributed by atoms with van der Waals surface area (Å²) >= 11 is 7.82. The molecule has 2 aromatic rings. The summed E-state index contributed by atoms with van der Waals surface area (Å²) in [6, 6.07) is 7.45. The van der Waals surface area contributed by atoms with Crippen molar-refractivity contribution in [3.05, 3.63) is 40.5 Å². The van der Waals surface area contributed by atoms with Gasteiger partial charge in [-0.15, -0.1) is 0 Å². The smallest absolute Gasteiger partial charge is 0.222 e. The second kappa shape index (κ2) is 4.90. The zero-order chi connectivity index (χ0) is 13.4. The van der Waals surface area contributed by atoms with Crippen molar-refractivity contribution in [1.29, 1.82) is 0 Å². The van der Waals surface area contributed by atoms with Crippen molar-refractivity contribution in [3.8, 4) is 5.69 Å². The van der Waals surface area contributed by atoms with E-state index in [1.807, 2.05) is 24.3 Å². The fourth-order valence-electron chi connectivity index (χ4n) is 2.10. The molecule has 0 unspecified atom stereocenters. The minimum Gasteiger partial charge on any atom is -0.311 e. The van der Waals surface area contributed by atoms with Crippen LogP contribution in [0, 0.1) is 0 Å². The van der Waals surface area contributed by atoms with Gasteiger partial charge in [0, 0.05) is 29.0 Å². The number of carbonyl (C=O) groups excluding carboxylic acids is 1. The zero-order valence-electron chi connectivity index (χ0n) is 10.3. The Labute approximate surface area is 120 Å². The van der Waals surface area contributed by atoms with Crippen molar-refractivity contribution in [2.24, 2.45) is 0 Å². The number of thioether (sulfide) groups is 1. The molecule has 4 nitrogen and oxygen atoms in total. The first kappa shape index (κ1) is 12.6. The van der Waals surface area contributed by atoms with Gasteiger partial charge < -0.3 is 5.32 Å². The van der Waals surface area contributed by atoms with Gasteiger partial charge >= 0.3 is 0 Å². The molecule has 98 valence electrons. The summed E-state index contributed by atoms with van der Waals surface area (Å²) in [6.45, 7) is 1.50. The fourth-order valence-corrected chi connectivity index (χ4v) is 3.32. The normalized spacial score (nSPS) is 13.4. The number of benzene rings is 1. The van der Waals surface area contributed by atoms with E-state index in [0.29, 0.717) is 5.02 Å². The van der Waals surface area contributed by atoms with Crippen molar-refractivity contribution in [2.75, 3.05) is 5.32 Å². The summed E-state index contributed by atoms with van der Waals surface area (Å²) in [5.41, 5.74) is 3.00. The molecule has 0 aliphatic carbocycles. The SMILES string of the molecule is CC(=O)Nc1c2c(nn1-c1cccc(Cl)c1)CSC2. The number of halogens is 1. The average Bonchev–Trinajstić information content (AvgIpc) is 2.91. The predicted octanol–water partition coefficient (Wildman–Crippen LogP) is 3.23. The summed E-state index contributed by atoms with van der Waals surface area (Å²) < 4.78 is 1.76. The highest BCUT2D eigenvalue weighted by atomic mass is 35.5. The van der Waals surface area contributed by atoms with Crippen molar-refractivity contribution in [3.63, 3.8) is 0 Å². The molecule has 1 aromatic carbocycles. The second-order valence-electron chi connectivity index (χ2n) is 4.34. The van der Waals surface area contributed by atoms with Crippen molar-refractivity contribution < 1.29 is 4.79 Å². The maximum Gasteiger partial charge on any atom is 0.222 e. The van der Waals surface area contributed by atoms with Gasteiger partial charge in [-0.1, -0.05) is 17.7 Å². The Morgan fingerprint density at radius 2 is 2.32 bits per heavy atom. The molecule has 1 aromatic heterocycles. The van der Waals surface area contributed by atoms with E-state index in [1.54, 1.807) is 16.4 Å². The van der Waals surface area contributed by atoms with E-state index in [1.165, 1.54) is 6.92 Å². The highest BCUT2D eigenvalue weighted by Crippen LogP contribution is 2.36. The second-order valence-corrected chi connectivity index (χ2v) is 5.76. The minimum absolute atomic E-state index is 0.0946. The molecule has 0 saturated carbocycles. The van der Waals surface area contributed by atoms with Crippen LogP contribution in [-0.2, 0) is 16.3 Å². The van der Waals surface area contributed by atoms with Gasteiger partial charge in [-0.3, -0.25) is 4.79 Å². The lowest BCUT2D eigenvalue weighted by Crippen LogP contribution is -2.12. The van der Waals surface area contributed by atoms with E-state index in [0.717, 1.165) is 34.3 Å². The molecule has 0 bridgehead atoms. The number of amides is 1. The fraction of sp³-hybridized carbons (Fsp3) is 0.231. The van der Waals surface area contributed by atoms with Gasteiger partial charge in [-0.2, -0.15) is 16.9 Å². The number of aromatic nitrogens is 2. The van der Waals surface area contributed by atoms with Gasteiger partial charge in [0.2, 0.25) is 5.91 Å². The topological polar surface area (TPSA) is 46.9 Å². The zero-order valence-corrected chi connectivity index (χ0v) is 11.9. The molecular weight excluding hydrogens is 282 g/mol. The number of carbonyl (C=O) groups is 1. The van der Waals surface area contributed by atoms with Crippen LogP contribution in [0.25, 0.3) is 5.69 Å². The van der Waals surface area contributed by atoms with Gasteiger partial charge in [0.05, 0.1) is 11.4 Å². The number of rotatable bonds is 2. The molecule has 1 aliphatic heterocycles. The monoisotopic (exact) mass is 293 g/mol. The van der Waals surface area contributed by atoms with Crippen LogP contribution in [0.15, 0.2) is 24.3 Å². The third-order valence-corrected chi connectivity index (χ3v) is 4.10. The molecule has 0 radical (unpaired) electrons. The molecule has 1 amide bonds. The van der Waals surface area contributed by atoms with Gasteiger partial charge in [0.25, 0.3) is 0 Å². The largest absolute Gasteiger partial charge is 0.311 e. The van der Waals surface area contributed by atoms with E-state index in [4.69, 9.17) is 11.6 Å². The van der Waals surface area contributed by atoms with Crippen molar-refractivity contribution >= 4 is 35.1 Å². The Hall–Kier alpha value is -1.46. The molecule has 0 fully saturated rings. The Kier molecular flexibility index (Phi) is 3.24. The van der Waals surface area contributed by atoms with Crippen LogP contribution in [-0.4, -0.2) is 15.7 Å². The number of hydrogen-bond donors (Lipinski definition) is 1. The Bertz CT molecular complexity index is 653. The standard InChI is InChI=1S/C13H12ClN3OS/c1-8(18)15-13-11-6-19-7-12(11)16-17(13)10-4-2-3-9(14)5-10/h2-5H,6-7H2,1H3,(H,15,18). The first-order valence-corrected chi connectivity index (χ1v) is 7.40. The van der Waals surface area contributed by atoms with Crippen LogP contribution in [0.4, 0.5) is 5.82 Å². The maximum atomic E-state index is 11.4. The van der Waals surface area contributed by atoms with E-state index in [-0.39, 0.29) is 5.91 Å². The highest BCUT2D eigenvalue weighted by Gasteiger charge is 2.23. The molecule has 0 saturated heterocycles. The third-order valence-electron chi connectivity index (χ3n) is 2.90. The molecule has 19 heavy (non-hydrogen) atoms. The Balaban J connectivity index is 2.13. The maximum absolute atomic E-state index is 11.4. The average molecular weight is 294 g/mol. The van der Waals surface area contributed by atoms with E-state index < -0.39 is 0 Å². The van der Waals surface area contributed by atoms with Crippen LogP contribution >= 0.6 is 23.4 Å². The number of nitrogens with one attached hydrogen (secondary N) is 1. The molecule has 1 aliphatic rings. The molecular formula is C13H12ClN3OS. The van der Waals surface area contributed by atoms with E-state index >= 15 is 0 Å². The predicted molar refractivity (Wildman–Crippen MR) is 77.9 cm³/mol. The first-order valence-electron chi connectivity index (χ1n) is 5.87. The summed E-state index contributed by atoms with van der Waals surface area (Å²) in [6.07, 6.45) is 0. The van der Waals surface area contributed by atoms with Crippen LogP contribution < -0.4 is 5.32 Å². The number of nitrogens with zero attached hydrogens (tertiary/aromatic N) is 2. The summed E-state index contributed by atoms with van der Waals surface area (Å²) in [4.78, 5) is 11.4. The quantitative estimate of drug-likeness (QED) is 0.925. The van der Waals surface area contributed by atoms with Crippen LogP contribution in [0.2, 0.25) is 5.02 Å².